The van der Waals surface area contributed by atoms with Gasteiger partial charge >= 0.3 is 0 Å². The standard InChI is InChI=1S/C18H11BrCl2N2O3S/c19-10-4-6-11(7-5-10)22-16(24)9-23-17(25)15(27-18(23)26)8-12-13(20)2-1-3-14(12)21/h1-8H,9H2,(H,22,24)/b15-8+. The number of nitrogens with one attached hydrogen (secondary N) is 1. The summed E-state index contributed by atoms with van der Waals surface area (Å²) >= 11 is 16.2. The summed E-state index contributed by atoms with van der Waals surface area (Å²) in [5, 5.41) is 2.84. The highest BCUT2D eigenvalue weighted by molar-refractivity contribution is 9.10. The van der Waals surface area contributed by atoms with Crippen LogP contribution in [0.25, 0.3) is 6.08 Å². The fraction of sp³-hybridized carbons (Fsp3) is 0.0556. The van der Waals surface area contributed by atoms with E-state index in [9.17, 15) is 14.4 Å². The minimum atomic E-state index is -0.563. The molecule has 0 radical (unpaired) electrons. The molecule has 5 nitrogen and oxygen atoms in total. The molecule has 1 fully saturated rings. The van der Waals surface area contributed by atoms with Gasteiger partial charge in [-0.3, -0.25) is 19.3 Å². The largest absolute Gasteiger partial charge is 0.325 e. The third-order valence-electron chi connectivity index (χ3n) is 3.58. The highest BCUT2D eigenvalue weighted by Crippen LogP contribution is 2.35. The van der Waals surface area contributed by atoms with Crippen LogP contribution in [0.15, 0.2) is 51.8 Å². The molecule has 9 heteroatoms. The number of hydrogen-bond donors (Lipinski definition) is 1. The first-order valence-corrected chi connectivity index (χ1v) is 9.96. The Morgan fingerprint density at radius 2 is 1.74 bits per heavy atom. The van der Waals surface area contributed by atoms with E-state index in [1.54, 1.807) is 42.5 Å². The topological polar surface area (TPSA) is 66.5 Å². The number of rotatable bonds is 4. The summed E-state index contributed by atoms with van der Waals surface area (Å²) in [5.74, 6) is -1.04. The number of imide groups is 1. The van der Waals surface area contributed by atoms with Gasteiger partial charge in [-0.1, -0.05) is 45.2 Å². The van der Waals surface area contributed by atoms with E-state index in [0.29, 0.717) is 21.3 Å². The number of anilines is 1. The molecule has 0 aromatic heterocycles. The SMILES string of the molecule is O=C(CN1C(=O)S/C(=C/c2c(Cl)cccc2Cl)C1=O)Nc1ccc(Br)cc1. The van der Waals surface area contributed by atoms with Crippen molar-refractivity contribution in [2.45, 2.75) is 0 Å². The normalized spacial score (nSPS) is 15.5. The van der Waals surface area contributed by atoms with Crippen molar-refractivity contribution in [2.24, 2.45) is 0 Å². The van der Waals surface area contributed by atoms with Gasteiger partial charge in [-0.05, 0) is 54.2 Å². The summed E-state index contributed by atoms with van der Waals surface area (Å²) in [7, 11) is 0. The predicted molar refractivity (Wildman–Crippen MR) is 112 cm³/mol. The molecule has 1 aliphatic rings. The van der Waals surface area contributed by atoms with Crippen LogP contribution in [0.4, 0.5) is 10.5 Å². The number of benzene rings is 2. The molecular formula is C18H11BrCl2N2O3S. The average molecular weight is 486 g/mol. The number of carbonyl (C=O) groups is 3. The zero-order chi connectivity index (χ0) is 19.6. The highest BCUT2D eigenvalue weighted by Gasteiger charge is 2.36. The summed E-state index contributed by atoms with van der Waals surface area (Å²) in [6.45, 7) is -0.381. The average Bonchev–Trinajstić information content (AvgIpc) is 2.88. The molecule has 1 N–H and O–H groups in total. The minimum absolute atomic E-state index is 0.159. The second-order valence-corrected chi connectivity index (χ2v) is 8.18. The molecule has 0 unspecified atom stereocenters. The summed E-state index contributed by atoms with van der Waals surface area (Å²) < 4.78 is 0.870. The van der Waals surface area contributed by atoms with Crippen molar-refractivity contribution in [3.05, 3.63) is 67.5 Å². The Kier molecular flexibility index (Phi) is 6.26. The molecule has 138 valence electrons. The second-order valence-electron chi connectivity index (χ2n) is 5.46. The van der Waals surface area contributed by atoms with E-state index in [2.05, 4.69) is 21.2 Å². The maximum atomic E-state index is 12.5. The monoisotopic (exact) mass is 484 g/mol. The van der Waals surface area contributed by atoms with Crippen molar-refractivity contribution < 1.29 is 14.4 Å². The maximum absolute atomic E-state index is 12.5. The number of amides is 3. The van der Waals surface area contributed by atoms with Crippen LogP contribution in [0, 0.1) is 0 Å². The number of thioether (sulfide) groups is 1. The van der Waals surface area contributed by atoms with Gasteiger partial charge in [0, 0.05) is 25.8 Å². The molecule has 0 saturated carbocycles. The first-order chi connectivity index (χ1) is 12.8. The fourth-order valence-corrected chi connectivity index (χ4v) is 3.88. The smallest absolute Gasteiger partial charge is 0.294 e. The summed E-state index contributed by atoms with van der Waals surface area (Å²) in [6.07, 6.45) is 1.46. The van der Waals surface area contributed by atoms with Crippen LogP contribution in [0.5, 0.6) is 0 Å². The molecular weight excluding hydrogens is 475 g/mol. The van der Waals surface area contributed by atoms with Crippen molar-refractivity contribution >= 4 is 79.7 Å². The molecule has 2 aromatic rings. The van der Waals surface area contributed by atoms with Gasteiger partial charge in [0.15, 0.2) is 0 Å². The van der Waals surface area contributed by atoms with Gasteiger partial charge in [-0.2, -0.15) is 0 Å². The molecule has 3 amide bonds. The first kappa shape index (κ1) is 19.9. The third-order valence-corrected chi connectivity index (χ3v) is 5.67. The van der Waals surface area contributed by atoms with E-state index in [0.717, 1.165) is 21.1 Å². The van der Waals surface area contributed by atoms with E-state index in [4.69, 9.17) is 23.2 Å². The van der Waals surface area contributed by atoms with Gasteiger partial charge in [0.1, 0.15) is 6.54 Å². The van der Waals surface area contributed by atoms with Crippen molar-refractivity contribution in [1.29, 1.82) is 0 Å². The number of halogens is 3. The van der Waals surface area contributed by atoms with Crippen LogP contribution in [-0.4, -0.2) is 28.5 Å². The van der Waals surface area contributed by atoms with Crippen LogP contribution in [0.1, 0.15) is 5.56 Å². The molecule has 1 heterocycles. The Morgan fingerprint density at radius 3 is 2.37 bits per heavy atom. The Morgan fingerprint density at radius 1 is 1.11 bits per heavy atom. The van der Waals surface area contributed by atoms with Gasteiger partial charge < -0.3 is 5.32 Å². The lowest BCUT2D eigenvalue weighted by Gasteiger charge is -2.12. The van der Waals surface area contributed by atoms with Gasteiger partial charge in [-0.15, -0.1) is 0 Å². The zero-order valence-electron chi connectivity index (χ0n) is 13.5. The highest BCUT2D eigenvalue weighted by atomic mass is 79.9. The van der Waals surface area contributed by atoms with Crippen molar-refractivity contribution in [1.82, 2.24) is 4.90 Å². The van der Waals surface area contributed by atoms with Crippen LogP contribution in [-0.2, 0) is 9.59 Å². The molecule has 0 bridgehead atoms. The predicted octanol–water partition coefficient (Wildman–Crippen LogP) is 5.43. The Bertz CT molecular complexity index is 943. The van der Waals surface area contributed by atoms with Gasteiger partial charge in [0.05, 0.1) is 4.91 Å². The first-order valence-electron chi connectivity index (χ1n) is 7.60. The molecule has 0 spiro atoms. The Balaban J connectivity index is 1.73. The number of hydrogen-bond acceptors (Lipinski definition) is 4. The van der Waals surface area contributed by atoms with Crippen LogP contribution < -0.4 is 5.32 Å². The summed E-state index contributed by atoms with van der Waals surface area (Å²) in [5.41, 5.74) is 1.01. The van der Waals surface area contributed by atoms with Gasteiger partial charge in [0.25, 0.3) is 11.1 Å². The second kappa shape index (κ2) is 8.48. The van der Waals surface area contributed by atoms with E-state index in [1.165, 1.54) is 6.08 Å². The van der Waals surface area contributed by atoms with E-state index in [-0.39, 0.29) is 11.4 Å². The van der Waals surface area contributed by atoms with Crippen molar-refractivity contribution in [2.75, 3.05) is 11.9 Å². The lowest BCUT2D eigenvalue weighted by molar-refractivity contribution is -0.127. The molecule has 27 heavy (non-hydrogen) atoms. The minimum Gasteiger partial charge on any atom is -0.325 e. The molecule has 1 aliphatic heterocycles. The number of carbonyl (C=O) groups excluding carboxylic acids is 3. The molecule has 2 aromatic carbocycles. The quantitative estimate of drug-likeness (QED) is 0.586. The summed E-state index contributed by atoms with van der Waals surface area (Å²) in [4.78, 5) is 37.9. The Hall–Kier alpha value is -1.80. The summed E-state index contributed by atoms with van der Waals surface area (Å²) in [6, 6.07) is 11.9. The molecule has 1 saturated heterocycles. The maximum Gasteiger partial charge on any atom is 0.294 e. The molecule has 3 rings (SSSR count). The molecule has 0 atom stereocenters. The van der Waals surface area contributed by atoms with Crippen molar-refractivity contribution in [3.63, 3.8) is 0 Å². The van der Waals surface area contributed by atoms with Crippen LogP contribution in [0.3, 0.4) is 0 Å². The van der Waals surface area contributed by atoms with Gasteiger partial charge in [0.2, 0.25) is 5.91 Å². The lowest BCUT2D eigenvalue weighted by Crippen LogP contribution is -2.36. The van der Waals surface area contributed by atoms with Crippen molar-refractivity contribution in [3.8, 4) is 0 Å². The molecule has 0 aliphatic carbocycles. The van der Waals surface area contributed by atoms with Gasteiger partial charge in [-0.25, -0.2) is 0 Å². The van der Waals surface area contributed by atoms with E-state index < -0.39 is 17.1 Å². The Labute approximate surface area is 177 Å². The van der Waals surface area contributed by atoms with Crippen LogP contribution >= 0.6 is 50.9 Å². The zero-order valence-corrected chi connectivity index (χ0v) is 17.5. The number of nitrogens with zero attached hydrogens (tertiary/aromatic N) is 1. The van der Waals surface area contributed by atoms with E-state index in [1.807, 2.05) is 0 Å². The third kappa shape index (κ3) is 4.73. The van der Waals surface area contributed by atoms with E-state index >= 15 is 0 Å². The fourth-order valence-electron chi connectivity index (χ4n) is 2.29. The lowest BCUT2D eigenvalue weighted by atomic mass is 10.2. The van der Waals surface area contributed by atoms with Crippen LogP contribution in [0.2, 0.25) is 10.0 Å².